The predicted octanol–water partition coefficient (Wildman–Crippen LogP) is 3.12. The van der Waals surface area contributed by atoms with Crippen LogP contribution in [0.3, 0.4) is 0 Å². The molecule has 11 heteroatoms. The summed E-state index contributed by atoms with van der Waals surface area (Å²) in [6.45, 7) is 2.65. The van der Waals surface area contributed by atoms with Crippen molar-refractivity contribution in [1.82, 2.24) is 9.62 Å². The number of nitrogens with two attached hydrogens (primary N) is 1. The van der Waals surface area contributed by atoms with Gasteiger partial charge in [0, 0.05) is 61.1 Å². The van der Waals surface area contributed by atoms with Crippen LogP contribution in [-0.4, -0.2) is 69.8 Å². The molecule has 4 N–H and O–H groups in total. The Morgan fingerprint density at radius 1 is 1.24 bits per heavy atom. The van der Waals surface area contributed by atoms with Gasteiger partial charge in [0.2, 0.25) is 15.9 Å². The molecular formula is C27H36ClFN4O4S. The summed E-state index contributed by atoms with van der Waals surface area (Å²) in [7, 11) is -3.38. The van der Waals surface area contributed by atoms with Gasteiger partial charge in [-0.1, -0.05) is 29.8 Å². The molecule has 0 aromatic heterocycles. The Bertz CT molecular complexity index is 1210. The summed E-state index contributed by atoms with van der Waals surface area (Å²) < 4.78 is 46.4. The second-order valence-electron chi connectivity index (χ2n) is 10.1. The molecule has 4 rings (SSSR count). The zero-order valence-corrected chi connectivity index (χ0v) is 23.1. The fourth-order valence-corrected chi connectivity index (χ4v) is 6.85. The SMILES string of the molecule is CS(=O)(=O)N1CCNC[C@@H]1CCc1c(F)cccc1NC(=O)[C@@H](N)C(c1ccc(Cl)cc1)C1CCOCC1. The number of hydrogen-bond acceptors (Lipinski definition) is 6. The van der Waals surface area contributed by atoms with Gasteiger partial charge >= 0.3 is 0 Å². The zero-order chi connectivity index (χ0) is 27.3. The average molecular weight is 567 g/mol. The van der Waals surface area contributed by atoms with Gasteiger partial charge in [0.15, 0.2) is 0 Å². The Labute approximate surface area is 229 Å². The maximum Gasteiger partial charge on any atom is 0.241 e. The number of sulfonamides is 1. The summed E-state index contributed by atoms with van der Waals surface area (Å²) in [4.78, 5) is 13.5. The van der Waals surface area contributed by atoms with Gasteiger partial charge in [-0.05, 0) is 61.4 Å². The van der Waals surface area contributed by atoms with Gasteiger partial charge < -0.3 is 21.1 Å². The first-order chi connectivity index (χ1) is 18.1. The Balaban J connectivity index is 1.52. The first-order valence-electron chi connectivity index (χ1n) is 13.0. The van der Waals surface area contributed by atoms with E-state index in [-0.39, 0.29) is 24.3 Å². The molecule has 2 aliphatic rings. The minimum atomic E-state index is -3.38. The van der Waals surface area contributed by atoms with Crippen LogP contribution >= 0.6 is 11.6 Å². The Hall–Kier alpha value is -2.08. The highest BCUT2D eigenvalue weighted by Gasteiger charge is 2.35. The van der Waals surface area contributed by atoms with E-state index in [1.807, 2.05) is 12.1 Å². The lowest BCUT2D eigenvalue weighted by atomic mass is 9.76. The highest BCUT2D eigenvalue weighted by atomic mass is 35.5. The molecule has 0 aliphatic carbocycles. The molecule has 2 saturated heterocycles. The third-order valence-electron chi connectivity index (χ3n) is 7.54. The summed E-state index contributed by atoms with van der Waals surface area (Å²) in [6.07, 6.45) is 3.43. The van der Waals surface area contributed by atoms with E-state index in [1.54, 1.807) is 24.3 Å². The first kappa shape index (κ1) is 28.9. The van der Waals surface area contributed by atoms with Crippen molar-refractivity contribution in [3.05, 3.63) is 64.4 Å². The van der Waals surface area contributed by atoms with Crippen LogP contribution < -0.4 is 16.4 Å². The number of ether oxygens (including phenoxy) is 1. The molecule has 1 amide bonds. The Morgan fingerprint density at radius 3 is 2.63 bits per heavy atom. The van der Waals surface area contributed by atoms with Gasteiger partial charge in [-0.25, -0.2) is 12.8 Å². The van der Waals surface area contributed by atoms with Crippen molar-refractivity contribution < 1.29 is 22.3 Å². The molecule has 2 aromatic rings. The van der Waals surface area contributed by atoms with Crippen LogP contribution in [0, 0.1) is 11.7 Å². The third-order valence-corrected chi connectivity index (χ3v) is 9.13. The molecule has 2 aliphatic heterocycles. The van der Waals surface area contributed by atoms with E-state index in [4.69, 9.17) is 22.1 Å². The standard InChI is InChI=1S/C27H36ClFN4O4S/c1-38(35,36)33-14-13-31-17-21(33)9-10-22-23(29)3-2-4-24(22)32-27(34)26(30)25(19-11-15-37-16-12-19)18-5-7-20(28)8-6-18/h2-8,19,21,25-26,31H,9-17,30H2,1H3,(H,32,34)/t21-,25?,26-/m0/s1. The molecular weight excluding hydrogens is 531 g/mol. The Kier molecular flexibility index (Phi) is 9.78. The summed E-state index contributed by atoms with van der Waals surface area (Å²) in [5, 5.41) is 6.68. The maximum atomic E-state index is 15.0. The molecule has 2 fully saturated rings. The number of nitrogens with one attached hydrogen (secondary N) is 2. The number of benzene rings is 2. The van der Waals surface area contributed by atoms with E-state index in [2.05, 4.69) is 10.6 Å². The van der Waals surface area contributed by atoms with Gasteiger partial charge in [-0.15, -0.1) is 0 Å². The molecule has 38 heavy (non-hydrogen) atoms. The smallest absolute Gasteiger partial charge is 0.241 e. The molecule has 0 bridgehead atoms. The van der Waals surface area contributed by atoms with Gasteiger partial charge in [0.25, 0.3) is 0 Å². The first-order valence-corrected chi connectivity index (χ1v) is 15.2. The molecule has 2 aromatic carbocycles. The Morgan fingerprint density at radius 2 is 1.95 bits per heavy atom. The third kappa shape index (κ3) is 7.11. The summed E-state index contributed by atoms with van der Waals surface area (Å²) >= 11 is 6.10. The zero-order valence-electron chi connectivity index (χ0n) is 21.5. The van der Waals surface area contributed by atoms with Crippen molar-refractivity contribution in [2.24, 2.45) is 11.7 Å². The lowest BCUT2D eigenvalue weighted by Crippen LogP contribution is -2.53. The monoisotopic (exact) mass is 566 g/mol. The van der Waals surface area contributed by atoms with Crippen molar-refractivity contribution in [3.8, 4) is 0 Å². The van der Waals surface area contributed by atoms with Crippen molar-refractivity contribution >= 4 is 33.2 Å². The molecule has 0 radical (unpaired) electrons. The van der Waals surface area contributed by atoms with Crippen molar-refractivity contribution in [2.75, 3.05) is 44.4 Å². The van der Waals surface area contributed by atoms with E-state index in [0.29, 0.717) is 55.5 Å². The lowest BCUT2D eigenvalue weighted by Gasteiger charge is -2.34. The average Bonchev–Trinajstić information content (AvgIpc) is 2.90. The van der Waals surface area contributed by atoms with Gasteiger partial charge in [-0.3, -0.25) is 4.79 Å². The minimum Gasteiger partial charge on any atom is -0.381 e. The van der Waals surface area contributed by atoms with Crippen LogP contribution in [0.25, 0.3) is 0 Å². The number of amides is 1. The van der Waals surface area contributed by atoms with Crippen molar-refractivity contribution in [1.29, 1.82) is 0 Å². The minimum absolute atomic E-state index is 0.151. The van der Waals surface area contributed by atoms with E-state index < -0.39 is 27.8 Å². The molecule has 8 nitrogen and oxygen atoms in total. The van der Waals surface area contributed by atoms with E-state index in [0.717, 1.165) is 18.4 Å². The summed E-state index contributed by atoms with van der Waals surface area (Å²) in [5.41, 5.74) is 8.20. The number of hydrogen-bond donors (Lipinski definition) is 3. The maximum absolute atomic E-state index is 15.0. The molecule has 1 unspecified atom stereocenters. The number of nitrogens with zero attached hydrogens (tertiary/aromatic N) is 1. The van der Waals surface area contributed by atoms with Crippen LogP contribution in [0.2, 0.25) is 5.02 Å². The van der Waals surface area contributed by atoms with Gasteiger partial charge in [0.05, 0.1) is 12.3 Å². The van der Waals surface area contributed by atoms with E-state index >= 15 is 0 Å². The topological polar surface area (TPSA) is 114 Å². The largest absolute Gasteiger partial charge is 0.381 e. The predicted molar refractivity (Wildman–Crippen MR) is 147 cm³/mol. The van der Waals surface area contributed by atoms with Gasteiger partial charge in [-0.2, -0.15) is 4.31 Å². The van der Waals surface area contributed by atoms with E-state index in [1.165, 1.54) is 16.6 Å². The highest BCUT2D eigenvalue weighted by molar-refractivity contribution is 7.88. The molecule has 3 atom stereocenters. The lowest BCUT2D eigenvalue weighted by molar-refractivity contribution is -0.118. The van der Waals surface area contributed by atoms with Crippen molar-refractivity contribution in [3.63, 3.8) is 0 Å². The second kappa shape index (κ2) is 12.8. The van der Waals surface area contributed by atoms with Crippen molar-refractivity contribution in [2.45, 2.75) is 43.7 Å². The molecule has 0 saturated carbocycles. The second-order valence-corrected chi connectivity index (χ2v) is 12.4. The molecule has 2 heterocycles. The van der Waals surface area contributed by atoms with Crippen LogP contribution in [0.5, 0.6) is 0 Å². The van der Waals surface area contributed by atoms with Crippen LogP contribution in [0.1, 0.15) is 36.3 Å². The number of carbonyl (C=O) groups is 1. The fourth-order valence-electron chi connectivity index (χ4n) is 5.58. The number of rotatable bonds is 9. The molecule has 208 valence electrons. The summed E-state index contributed by atoms with van der Waals surface area (Å²) in [6, 6.07) is 10.7. The number of carbonyl (C=O) groups excluding carboxylic acids is 1. The molecule has 0 spiro atoms. The summed E-state index contributed by atoms with van der Waals surface area (Å²) in [5.74, 6) is -0.964. The van der Waals surface area contributed by atoms with Gasteiger partial charge in [0.1, 0.15) is 5.82 Å². The van der Waals surface area contributed by atoms with Crippen LogP contribution in [0.4, 0.5) is 10.1 Å². The number of halogens is 2. The van der Waals surface area contributed by atoms with Crippen LogP contribution in [0.15, 0.2) is 42.5 Å². The fraction of sp³-hybridized carbons (Fsp3) is 0.519. The quantitative estimate of drug-likeness (QED) is 0.430. The highest BCUT2D eigenvalue weighted by Crippen LogP contribution is 2.35. The number of anilines is 1. The normalized spacial score (nSPS) is 21.1. The van der Waals surface area contributed by atoms with Crippen LogP contribution in [-0.2, 0) is 26.0 Å². The number of piperazine rings is 1. The van der Waals surface area contributed by atoms with E-state index in [9.17, 15) is 17.6 Å².